The Balaban J connectivity index is 2.64. The van der Waals surface area contributed by atoms with Crippen molar-refractivity contribution in [3.63, 3.8) is 0 Å². The number of hydrogen-bond acceptors (Lipinski definition) is 2. The van der Waals surface area contributed by atoms with Gasteiger partial charge in [0.2, 0.25) is 0 Å². The Kier molecular flexibility index (Phi) is 4.50. The minimum absolute atomic E-state index is 0.441. The maximum absolute atomic E-state index is 5.54. The van der Waals surface area contributed by atoms with Gasteiger partial charge in [-0.25, -0.2) is 0 Å². The molecule has 0 saturated carbocycles. The van der Waals surface area contributed by atoms with E-state index in [1.807, 2.05) is 6.07 Å². The van der Waals surface area contributed by atoms with Crippen LogP contribution in [0, 0.1) is 0 Å². The Morgan fingerprint density at radius 1 is 1.31 bits per heavy atom. The summed E-state index contributed by atoms with van der Waals surface area (Å²) in [6, 6.07) is 10.4. The number of ether oxygens (including phenoxy) is 1. The van der Waals surface area contributed by atoms with Crippen LogP contribution in [0.2, 0.25) is 0 Å². The Morgan fingerprint density at radius 3 is 2.54 bits per heavy atom. The van der Waals surface area contributed by atoms with Crippen LogP contribution in [0.5, 0.6) is 0 Å². The first-order chi connectivity index (χ1) is 6.38. The highest BCUT2D eigenvalue weighted by Gasteiger charge is 2.08. The van der Waals surface area contributed by atoms with E-state index in [0.717, 1.165) is 13.0 Å². The van der Waals surface area contributed by atoms with Gasteiger partial charge in [0, 0.05) is 13.0 Å². The molecule has 1 aromatic carbocycles. The van der Waals surface area contributed by atoms with E-state index in [2.05, 4.69) is 24.3 Å². The molecule has 1 rings (SSSR count). The summed E-state index contributed by atoms with van der Waals surface area (Å²) in [6.07, 6.45) is 0.984. The molecule has 0 aliphatic heterocycles. The number of rotatable bonds is 5. The fraction of sp³-hybridized carbons (Fsp3) is 0.455. The minimum atomic E-state index is 0.441. The molecule has 2 heteroatoms. The largest absolute Gasteiger partial charge is 0.384 e. The topological polar surface area (TPSA) is 35.2 Å². The molecule has 2 N–H and O–H groups in total. The average molecular weight is 179 g/mol. The van der Waals surface area contributed by atoms with Crippen molar-refractivity contribution in [3.8, 4) is 0 Å². The monoisotopic (exact) mass is 179 g/mol. The first kappa shape index (κ1) is 10.2. The zero-order chi connectivity index (χ0) is 9.52. The van der Waals surface area contributed by atoms with Crippen molar-refractivity contribution in [3.05, 3.63) is 35.9 Å². The van der Waals surface area contributed by atoms with Crippen LogP contribution in [-0.4, -0.2) is 20.3 Å². The summed E-state index contributed by atoms with van der Waals surface area (Å²) in [5.41, 5.74) is 6.86. The molecule has 0 bridgehead atoms. The fourth-order valence-electron chi connectivity index (χ4n) is 1.47. The molecule has 0 aliphatic rings. The van der Waals surface area contributed by atoms with E-state index in [-0.39, 0.29) is 0 Å². The van der Waals surface area contributed by atoms with Crippen molar-refractivity contribution in [1.29, 1.82) is 0 Å². The first-order valence-electron chi connectivity index (χ1n) is 4.62. The van der Waals surface area contributed by atoms with Gasteiger partial charge in [0.1, 0.15) is 0 Å². The van der Waals surface area contributed by atoms with Crippen LogP contribution in [0.1, 0.15) is 17.9 Å². The Hall–Kier alpha value is -0.860. The maximum Gasteiger partial charge on any atom is 0.0531 e. The number of hydrogen-bond donors (Lipinski definition) is 1. The Bertz CT molecular complexity index is 217. The molecule has 0 saturated heterocycles. The standard InChI is InChI=1S/C11H17NO/c1-13-9-11(7-8-12)10-5-3-2-4-6-10/h2-6,11H,7-9,12H2,1H3. The lowest BCUT2D eigenvalue weighted by Gasteiger charge is -2.14. The Morgan fingerprint density at radius 2 is 2.00 bits per heavy atom. The molecule has 0 aliphatic carbocycles. The van der Waals surface area contributed by atoms with Crippen molar-refractivity contribution in [2.24, 2.45) is 5.73 Å². The van der Waals surface area contributed by atoms with E-state index in [9.17, 15) is 0 Å². The molecule has 0 heterocycles. The van der Waals surface area contributed by atoms with E-state index in [4.69, 9.17) is 10.5 Å². The molecule has 72 valence electrons. The van der Waals surface area contributed by atoms with Crippen LogP contribution in [0.25, 0.3) is 0 Å². The van der Waals surface area contributed by atoms with Gasteiger partial charge in [-0.15, -0.1) is 0 Å². The smallest absolute Gasteiger partial charge is 0.0531 e. The van der Waals surface area contributed by atoms with Crippen LogP contribution < -0.4 is 5.73 Å². The third-order valence-corrected chi connectivity index (χ3v) is 2.15. The van der Waals surface area contributed by atoms with Gasteiger partial charge in [0.05, 0.1) is 6.61 Å². The average Bonchev–Trinajstić information content (AvgIpc) is 2.19. The molecule has 1 aromatic rings. The molecule has 0 fully saturated rings. The molecule has 13 heavy (non-hydrogen) atoms. The van der Waals surface area contributed by atoms with Crippen molar-refractivity contribution >= 4 is 0 Å². The summed E-state index contributed by atoms with van der Waals surface area (Å²) in [6.45, 7) is 1.46. The second-order valence-corrected chi connectivity index (χ2v) is 3.14. The molecular formula is C11H17NO. The van der Waals surface area contributed by atoms with Gasteiger partial charge in [-0.05, 0) is 18.5 Å². The first-order valence-corrected chi connectivity index (χ1v) is 4.62. The summed E-state index contributed by atoms with van der Waals surface area (Å²) in [4.78, 5) is 0. The van der Waals surface area contributed by atoms with Crippen LogP contribution in [0.3, 0.4) is 0 Å². The highest BCUT2D eigenvalue weighted by Crippen LogP contribution is 2.18. The third kappa shape index (κ3) is 3.17. The second kappa shape index (κ2) is 5.73. The lowest BCUT2D eigenvalue weighted by atomic mass is 9.97. The zero-order valence-corrected chi connectivity index (χ0v) is 8.07. The fourth-order valence-corrected chi connectivity index (χ4v) is 1.47. The van der Waals surface area contributed by atoms with Crippen LogP contribution >= 0.6 is 0 Å². The molecule has 1 unspecified atom stereocenters. The van der Waals surface area contributed by atoms with E-state index in [1.165, 1.54) is 5.56 Å². The highest BCUT2D eigenvalue weighted by atomic mass is 16.5. The summed E-state index contributed by atoms with van der Waals surface area (Å²) in [5, 5.41) is 0. The molecule has 0 aromatic heterocycles. The van der Waals surface area contributed by atoms with Gasteiger partial charge in [-0.1, -0.05) is 30.3 Å². The van der Waals surface area contributed by atoms with Crippen molar-refractivity contribution in [2.45, 2.75) is 12.3 Å². The van der Waals surface area contributed by atoms with E-state index < -0.39 is 0 Å². The van der Waals surface area contributed by atoms with Crippen LogP contribution in [0.4, 0.5) is 0 Å². The summed E-state index contributed by atoms with van der Waals surface area (Å²) in [5.74, 6) is 0.441. The lowest BCUT2D eigenvalue weighted by molar-refractivity contribution is 0.176. The molecule has 0 spiro atoms. The molecule has 0 radical (unpaired) electrons. The van der Waals surface area contributed by atoms with Gasteiger partial charge in [-0.3, -0.25) is 0 Å². The van der Waals surface area contributed by atoms with E-state index >= 15 is 0 Å². The molecule has 1 atom stereocenters. The third-order valence-electron chi connectivity index (χ3n) is 2.15. The summed E-state index contributed by atoms with van der Waals surface area (Å²) < 4.78 is 5.16. The normalized spacial score (nSPS) is 12.8. The Labute approximate surface area is 79.7 Å². The number of methoxy groups -OCH3 is 1. The zero-order valence-electron chi connectivity index (χ0n) is 8.07. The lowest BCUT2D eigenvalue weighted by Crippen LogP contribution is -2.12. The molecular weight excluding hydrogens is 162 g/mol. The highest BCUT2D eigenvalue weighted by molar-refractivity contribution is 5.19. The van der Waals surface area contributed by atoms with Crippen LogP contribution in [-0.2, 0) is 4.74 Å². The number of nitrogens with two attached hydrogens (primary N) is 1. The van der Waals surface area contributed by atoms with Gasteiger partial charge in [0.25, 0.3) is 0 Å². The van der Waals surface area contributed by atoms with E-state index in [0.29, 0.717) is 12.5 Å². The van der Waals surface area contributed by atoms with Crippen molar-refractivity contribution < 1.29 is 4.74 Å². The predicted octanol–water partition coefficient (Wildman–Crippen LogP) is 1.77. The molecule has 2 nitrogen and oxygen atoms in total. The van der Waals surface area contributed by atoms with E-state index in [1.54, 1.807) is 7.11 Å². The van der Waals surface area contributed by atoms with Crippen molar-refractivity contribution in [1.82, 2.24) is 0 Å². The van der Waals surface area contributed by atoms with Crippen molar-refractivity contribution in [2.75, 3.05) is 20.3 Å². The van der Waals surface area contributed by atoms with Crippen LogP contribution in [0.15, 0.2) is 30.3 Å². The quantitative estimate of drug-likeness (QED) is 0.747. The van der Waals surface area contributed by atoms with Gasteiger partial charge >= 0.3 is 0 Å². The predicted molar refractivity (Wildman–Crippen MR) is 54.7 cm³/mol. The minimum Gasteiger partial charge on any atom is -0.384 e. The van der Waals surface area contributed by atoms with Gasteiger partial charge in [-0.2, -0.15) is 0 Å². The maximum atomic E-state index is 5.54. The SMILES string of the molecule is COCC(CCN)c1ccccc1. The molecule has 0 amide bonds. The van der Waals surface area contributed by atoms with Gasteiger partial charge in [0.15, 0.2) is 0 Å². The second-order valence-electron chi connectivity index (χ2n) is 3.14. The van der Waals surface area contributed by atoms with Gasteiger partial charge < -0.3 is 10.5 Å². The number of benzene rings is 1. The summed E-state index contributed by atoms with van der Waals surface area (Å²) >= 11 is 0. The summed E-state index contributed by atoms with van der Waals surface area (Å²) in [7, 11) is 1.73.